The van der Waals surface area contributed by atoms with Crippen LogP contribution in [0.4, 0.5) is 0 Å². The van der Waals surface area contributed by atoms with Crippen LogP contribution >= 0.6 is 0 Å². The van der Waals surface area contributed by atoms with Crippen LogP contribution in [0, 0.1) is 0 Å². The first-order chi connectivity index (χ1) is 7.27. The summed E-state index contributed by atoms with van der Waals surface area (Å²) in [4.78, 5) is 11.6. The molecule has 0 amide bonds. The average molecular weight is 206 g/mol. The van der Waals surface area contributed by atoms with E-state index in [1.807, 2.05) is 0 Å². The standard InChI is InChI=1S/C11H10O4/c1-13-8-3-4-9(14-2)11-10(8)7(12)5-6-15-11/h3-6H,1-2H3. The molecule has 0 unspecified atom stereocenters. The van der Waals surface area contributed by atoms with Crippen molar-refractivity contribution in [2.24, 2.45) is 0 Å². The molecular weight excluding hydrogens is 196 g/mol. The summed E-state index contributed by atoms with van der Waals surface area (Å²) in [5, 5.41) is 0.402. The van der Waals surface area contributed by atoms with Crippen LogP contribution in [0.2, 0.25) is 0 Å². The lowest BCUT2D eigenvalue weighted by molar-refractivity contribution is 0.401. The molecule has 0 aliphatic heterocycles. The largest absolute Gasteiger partial charge is 0.496 e. The van der Waals surface area contributed by atoms with Gasteiger partial charge in [0.1, 0.15) is 11.1 Å². The summed E-state index contributed by atoms with van der Waals surface area (Å²) >= 11 is 0. The van der Waals surface area contributed by atoms with Gasteiger partial charge in [-0.25, -0.2) is 0 Å². The molecule has 0 aliphatic rings. The molecule has 2 aromatic rings. The van der Waals surface area contributed by atoms with Crippen LogP contribution in [0.25, 0.3) is 11.0 Å². The van der Waals surface area contributed by atoms with Crippen molar-refractivity contribution >= 4 is 11.0 Å². The van der Waals surface area contributed by atoms with Crippen molar-refractivity contribution in [1.82, 2.24) is 0 Å². The van der Waals surface area contributed by atoms with E-state index in [4.69, 9.17) is 13.9 Å². The SMILES string of the molecule is COc1ccc(OC)c2c(=O)ccoc12. The lowest BCUT2D eigenvalue weighted by Crippen LogP contribution is -2.01. The molecule has 15 heavy (non-hydrogen) atoms. The highest BCUT2D eigenvalue weighted by atomic mass is 16.5. The second-order valence-electron chi connectivity index (χ2n) is 2.96. The zero-order valence-electron chi connectivity index (χ0n) is 8.44. The van der Waals surface area contributed by atoms with Crippen molar-refractivity contribution in [3.8, 4) is 11.5 Å². The van der Waals surface area contributed by atoms with Gasteiger partial charge in [0.2, 0.25) is 0 Å². The third-order valence-corrected chi connectivity index (χ3v) is 2.17. The highest BCUT2D eigenvalue weighted by Crippen LogP contribution is 2.30. The maximum Gasteiger partial charge on any atom is 0.196 e. The molecule has 0 spiro atoms. The van der Waals surface area contributed by atoms with Gasteiger partial charge in [0.05, 0.1) is 20.5 Å². The van der Waals surface area contributed by atoms with Crippen LogP contribution < -0.4 is 14.9 Å². The van der Waals surface area contributed by atoms with E-state index in [0.29, 0.717) is 22.5 Å². The normalized spacial score (nSPS) is 10.3. The Bertz CT molecular complexity index is 542. The molecule has 0 saturated carbocycles. The van der Waals surface area contributed by atoms with Crippen molar-refractivity contribution in [3.05, 3.63) is 34.7 Å². The van der Waals surface area contributed by atoms with E-state index < -0.39 is 0 Å². The number of ether oxygens (including phenoxy) is 2. The molecule has 0 N–H and O–H groups in total. The topological polar surface area (TPSA) is 48.7 Å². The minimum absolute atomic E-state index is 0.146. The second kappa shape index (κ2) is 3.65. The molecule has 0 radical (unpaired) electrons. The predicted octanol–water partition coefficient (Wildman–Crippen LogP) is 1.81. The Morgan fingerprint density at radius 2 is 1.73 bits per heavy atom. The Kier molecular flexibility index (Phi) is 2.33. The van der Waals surface area contributed by atoms with E-state index in [9.17, 15) is 4.79 Å². The maximum absolute atomic E-state index is 11.6. The van der Waals surface area contributed by atoms with Crippen molar-refractivity contribution in [2.75, 3.05) is 14.2 Å². The summed E-state index contributed by atoms with van der Waals surface area (Å²) in [5.74, 6) is 1.00. The van der Waals surface area contributed by atoms with Gasteiger partial charge in [0.25, 0.3) is 0 Å². The molecular formula is C11H10O4. The van der Waals surface area contributed by atoms with E-state index in [1.165, 1.54) is 26.5 Å². The molecule has 4 heteroatoms. The minimum Gasteiger partial charge on any atom is -0.496 e. The molecule has 2 rings (SSSR count). The second-order valence-corrected chi connectivity index (χ2v) is 2.96. The monoisotopic (exact) mass is 206 g/mol. The molecule has 1 aromatic heterocycles. The minimum atomic E-state index is -0.146. The fraction of sp³-hybridized carbons (Fsp3) is 0.182. The smallest absolute Gasteiger partial charge is 0.196 e. The number of hydrogen-bond donors (Lipinski definition) is 0. The summed E-state index contributed by atoms with van der Waals surface area (Å²) in [6, 6.07) is 4.73. The van der Waals surface area contributed by atoms with E-state index in [2.05, 4.69) is 0 Å². The van der Waals surface area contributed by atoms with Crippen LogP contribution in [-0.2, 0) is 0 Å². The van der Waals surface area contributed by atoms with Crippen LogP contribution in [0.15, 0.2) is 33.7 Å². The molecule has 1 heterocycles. The van der Waals surface area contributed by atoms with Crippen LogP contribution in [0.3, 0.4) is 0 Å². The number of rotatable bonds is 2. The number of benzene rings is 1. The summed E-state index contributed by atoms with van der Waals surface area (Å²) in [7, 11) is 3.03. The first-order valence-corrected chi connectivity index (χ1v) is 4.40. The Balaban J connectivity index is 2.93. The average Bonchev–Trinajstić information content (AvgIpc) is 2.28. The first kappa shape index (κ1) is 9.58. The summed E-state index contributed by atoms with van der Waals surface area (Å²) in [5.41, 5.74) is 0.261. The van der Waals surface area contributed by atoms with Crippen molar-refractivity contribution in [2.45, 2.75) is 0 Å². The van der Waals surface area contributed by atoms with Crippen LogP contribution in [0.5, 0.6) is 11.5 Å². The fourth-order valence-electron chi connectivity index (χ4n) is 1.47. The quantitative estimate of drug-likeness (QED) is 0.751. The predicted molar refractivity (Wildman–Crippen MR) is 55.6 cm³/mol. The summed E-state index contributed by atoms with van der Waals surface area (Å²) < 4.78 is 15.4. The lowest BCUT2D eigenvalue weighted by atomic mass is 10.2. The summed E-state index contributed by atoms with van der Waals surface area (Å²) in [6.45, 7) is 0. The third kappa shape index (κ3) is 1.44. The molecule has 0 aliphatic carbocycles. The molecule has 0 bridgehead atoms. The Morgan fingerprint density at radius 1 is 1.07 bits per heavy atom. The van der Waals surface area contributed by atoms with Gasteiger partial charge in [-0.05, 0) is 12.1 Å². The zero-order chi connectivity index (χ0) is 10.8. The van der Waals surface area contributed by atoms with Crippen LogP contribution in [-0.4, -0.2) is 14.2 Å². The van der Waals surface area contributed by atoms with Gasteiger partial charge in [-0.15, -0.1) is 0 Å². The highest BCUT2D eigenvalue weighted by molar-refractivity contribution is 5.88. The van der Waals surface area contributed by atoms with Gasteiger partial charge in [-0.2, -0.15) is 0 Å². The molecule has 0 atom stereocenters. The van der Waals surface area contributed by atoms with Gasteiger partial charge in [-0.3, -0.25) is 4.79 Å². The first-order valence-electron chi connectivity index (χ1n) is 4.40. The highest BCUT2D eigenvalue weighted by Gasteiger charge is 2.11. The lowest BCUT2D eigenvalue weighted by Gasteiger charge is -2.06. The van der Waals surface area contributed by atoms with Gasteiger partial charge in [0, 0.05) is 6.07 Å². The fourth-order valence-corrected chi connectivity index (χ4v) is 1.47. The molecule has 1 aromatic carbocycles. The third-order valence-electron chi connectivity index (χ3n) is 2.17. The Hall–Kier alpha value is -1.97. The van der Waals surface area contributed by atoms with Crippen molar-refractivity contribution < 1.29 is 13.9 Å². The Morgan fingerprint density at radius 3 is 2.40 bits per heavy atom. The van der Waals surface area contributed by atoms with Crippen molar-refractivity contribution in [1.29, 1.82) is 0 Å². The van der Waals surface area contributed by atoms with E-state index in [1.54, 1.807) is 12.1 Å². The number of fused-ring (bicyclic) bond motifs is 1. The van der Waals surface area contributed by atoms with Crippen molar-refractivity contribution in [3.63, 3.8) is 0 Å². The van der Waals surface area contributed by atoms with Gasteiger partial charge in [-0.1, -0.05) is 0 Å². The Labute approximate surface area is 86.0 Å². The molecule has 0 saturated heterocycles. The molecule has 4 nitrogen and oxygen atoms in total. The molecule has 0 fully saturated rings. The van der Waals surface area contributed by atoms with E-state index in [0.717, 1.165) is 0 Å². The van der Waals surface area contributed by atoms with E-state index in [-0.39, 0.29) is 5.43 Å². The molecule has 78 valence electrons. The summed E-state index contributed by atoms with van der Waals surface area (Å²) in [6.07, 6.45) is 1.34. The maximum atomic E-state index is 11.6. The van der Waals surface area contributed by atoms with E-state index >= 15 is 0 Å². The van der Waals surface area contributed by atoms with Gasteiger partial charge < -0.3 is 13.9 Å². The van der Waals surface area contributed by atoms with Crippen LogP contribution in [0.1, 0.15) is 0 Å². The zero-order valence-corrected chi connectivity index (χ0v) is 8.44. The van der Waals surface area contributed by atoms with Gasteiger partial charge in [0.15, 0.2) is 16.8 Å². The number of methoxy groups -OCH3 is 2. The van der Waals surface area contributed by atoms with Gasteiger partial charge >= 0.3 is 0 Å². The number of hydrogen-bond acceptors (Lipinski definition) is 4.